The molecule has 0 spiro atoms. The van der Waals surface area contributed by atoms with Crippen LogP contribution in [0.5, 0.6) is 5.75 Å². The monoisotopic (exact) mass is 466 g/mol. The molecule has 8 nitrogen and oxygen atoms in total. The highest BCUT2D eigenvalue weighted by molar-refractivity contribution is 6.10. The Balaban J connectivity index is 1.65. The summed E-state index contributed by atoms with van der Waals surface area (Å²) in [6.07, 6.45) is 3.39. The summed E-state index contributed by atoms with van der Waals surface area (Å²) in [5, 5.41) is 24.4. The number of nitriles is 1. The molecule has 35 heavy (non-hydrogen) atoms. The SMILES string of the molecule is CCOc1cccc(NC(=O)/C(C#N)=C\c2cn(Cc3cccc([N+](=O)[O-])c3)c3ccccc23)c1. The zero-order chi connectivity index (χ0) is 24.8. The number of benzene rings is 3. The van der Waals surface area contributed by atoms with Gasteiger partial charge in [0.05, 0.1) is 11.5 Å². The van der Waals surface area contributed by atoms with Crippen LogP contribution in [0.4, 0.5) is 11.4 Å². The van der Waals surface area contributed by atoms with Crippen molar-refractivity contribution in [2.75, 3.05) is 11.9 Å². The Morgan fingerprint density at radius 3 is 2.71 bits per heavy atom. The number of carbonyl (C=O) groups excluding carboxylic acids is 1. The van der Waals surface area contributed by atoms with E-state index in [4.69, 9.17) is 4.74 Å². The number of hydrogen-bond donors (Lipinski definition) is 1. The van der Waals surface area contributed by atoms with Gasteiger partial charge in [-0.3, -0.25) is 14.9 Å². The van der Waals surface area contributed by atoms with Gasteiger partial charge >= 0.3 is 0 Å². The predicted molar refractivity (Wildman–Crippen MR) is 134 cm³/mol. The lowest BCUT2D eigenvalue weighted by atomic mass is 10.1. The van der Waals surface area contributed by atoms with Crippen LogP contribution in [0.2, 0.25) is 0 Å². The van der Waals surface area contributed by atoms with E-state index in [1.807, 2.05) is 54.1 Å². The minimum Gasteiger partial charge on any atom is -0.494 e. The molecule has 0 radical (unpaired) electrons. The zero-order valence-electron chi connectivity index (χ0n) is 19.0. The van der Waals surface area contributed by atoms with E-state index >= 15 is 0 Å². The number of nitro groups is 1. The first-order valence-corrected chi connectivity index (χ1v) is 11.0. The summed E-state index contributed by atoms with van der Waals surface area (Å²) in [6.45, 7) is 2.77. The fraction of sp³-hybridized carbons (Fsp3) is 0.111. The van der Waals surface area contributed by atoms with Gasteiger partial charge in [-0.2, -0.15) is 5.26 Å². The molecule has 1 N–H and O–H groups in total. The Hall–Kier alpha value is -4.90. The topological polar surface area (TPSA) is 110 Å². The lowest BCUT2D eigenvalue weighted by Crippen LogP contribution is -2.13. The van der Waals surface area contributed by atoms with Crippen LogP contribution in [-0.4, -0.2) is 22.0 Å². The number of hydrogen-bond acceptors (Lipinski definition) is 5. The van der Waals surface area contributed by atoms with Gasteiger partial charge in [0.25, 0.3) is 11.6 Å². The Morgan fingerprint density at radius 1 is 1.14 bits per heavy atom. The Labute approximate surface area is 201 Å². The van der Waals surface area contributed by atoms with Gasteiger partial charge in [0.15, 0.2) is 0 Å². The van der Waals surface area contributed by atoms with Crippen molar-refractivity contribution in [3.05, 3.63) is 106 Å². The lowest BCUT2D eigenvalue weighted by molar-refractivity contribution is -0.384. The molecule has 8 heteroatoms. The van der Waals surface area contributed by atoms with Crippen molar-refractivity contribution in [2.45, 2.75) is 13.5 Å². The second-order valence-electron chi connectivity index (χ2n) is 7.74. The van der Waals surface area contributed by atoms with Gasteiger partial charge < -0.3 is 14.6 Å². The maximum Gasteiger partial charge on any atom is 0.269 e. The number of nitrogens with zero attached hydrogens (tertiary/aromatic N) is 3. The van der Waals surface area contributed by atoms with Gasteiger partial charge in [0.1, 0.15) is 17.4 Å². The minimum absolute atomic E-state index is 0.0240. The fourth-order valence-corrected chi connectivity index (χ4v) is 3.82. The van der Waals surface area contributed by atoms with Crippen LogP contribution in [0.15, 0.2) is 84.6 Å². The normalized spacial score (nSPS) is 11.1. The van der Waals surface area contributed by atoms with Crippen molar-refractivity contribution in [3.63, 3.8) is 0 Å². The molecule has 4 aromatic rings. The van der Waals surface area contributed by atoms with E-state index in [0.29, 0.717) is 30.2 Å². The van der Waals surface area contributed by atoms with Crippen LogP contribution < -0.4 is 10.1 Å². The van der Waals surface area contributed by atoms with Crippen molar-refractivity contribution in [3.8, 4) is 11.8 Å². The van der Waals surface area contributed by atoms with Crippen molar-refractivity contribution in [1.29, 1.82) is 5.26 Å². The maximum absolute atomic E-state index is 12.8. The Morgan fingerprint density at radius 2 is 1.94 bits per heavy atom. The Kier molecular flexibility index (Phi) is 6.88. The van der Waals surface area contributed by atoms with E-state index in [1.165, 1.54) is 12.1 Å². The number of aromatic nitrogens is 1. The lowest BCUT2D eigenvalue weighted by Gasteiger charge is -2.07. The number of fused-ring (bicyclic) bond motifs is 1. The molecular weight excluding hydrogens is 444 g/mol. The summed E-state index contributed by atoms with van der Waals surface area (Å²) in [5.41, 5.74) is 2.84. The van der Waals surface area contributed by atoms with E-state index in [-0.39, 0.29) is 11.3 Å². The third-order valence-electron chi connectivity index (χ3n) is 5.36. The average molecular weight is 466 g/mol. The molecule has 0 saturated carbocycles. The largest absolute Gasteiger partial charge is 0.494 e. The number of anilines is 1. The summed E-state index contributed by atoms with van der Waals surface area (Å²) in [5.74, 6) is 0.0914. The van der Waals surface area contributed by atoms with E-state index in [1.54, 1.807) is 36.4 Å². The molecule has 0 atom stereocenters. The van der Waals surface area contributed by atoms with Gasteiger partial charge in [0, 0.05) is 53.1 Å². The number of non-ortho nitro benzene ring substituents is 1. The summed E-state index contributed by atoms with van der Waals surface area (Å²) in [4.78, 5) is 23.6. The van der Waals surface area contributed by atoms with Crippen LogP contribution in [0, 0.1) is 21.4 Å². The first-order valence-electron chi connectivity index (χ1n) is 11.0. The molecular formula is C27H22N4O4. The van der Waals surface area contributed by atoms with Crippen molar-refractivity contribution < 1.29 is 14.5 Å². The second kappa shape index (κ2) is 10.4. The highest BCUT2D eigenvalue weighted by Gasteiger charge is 2.14. The quantitative estimate of drug-likeness (QED) is 0.159. The van der Waals surface area contributed by atoms with Crippen molar-refractivity contribution in [1.82, 2.24) is 4.57 Å². The molecule has 174 valence electrons. The highest BCUT2D eigenvalue weighted by atomic mass is 16.6. The van der Waals surface area contributed by atoms with E-state index < -0.39 is 10.8 Å². The number of para-hydroxylation sites is 1. The highest BCUT2D eigenvalue weighted by Crippen LogP contribution is 2.26. The van der Waals surface area contributed by atoms with Crippen molar-refractivity contribution in [2.24, 2.45) is 0 Å². The van der Waals surface area contributed by atoms with Crippen LogP contribution in [0.1, 0.15) is 18.1 Å². The zero-order valence-corrected chi connectivity index (χ0v) is 19.0. The summed E-state index contributed by atoms with van der Waals surface area (Å²) >= 11 is 0. The number of rotatable bonds is 8. The molecule has 4 rings (SSSR count). The molecule has 0 aliphatic heterocycles. The molecule has 0 bridgehead atoms. The van der Waals surface area contributed by atoms with Gasteiger partial charge in [0.2, 0.25) is 0 Å². The smallest absolute Gasteiger partial charge is 0.269 e. The minimum atomic E-state index is -0.531. The van der Waals surface area contributed by atoms with Crippen LogP contribution in [-0.2, 0) is 11.3 Å². The number of nitrogens with one attached hydrogen (secondary N) is 1. The standard InChI is InChI=1S/C27H22N4O4/c1-2-35-24-10-6-8-22(15-24)29-27(32)20(16-28)14-21-18-30(26-12-4-3-11-25(21)26)17-19-7-5-9-23(13-19)31(33)34/h3-15,18H,2,17H2,1H3,(H,29,32)/b20-14-. The average Bonchev–Trinajstić information content (AvgIpc) is 3.20. The molecule has 0 aliphatic rings. The molecule has 1 heterocycles. The van der Waals surface area contributed by atoms with Gasteiger partial charge in [-0.25, -0.2) is 0 Å². The third kappa shape index (κ3) is 5.37. The van der Waals surface area contributed by atoms with E-state index in [0.717, 1.165) is 16.5 Å². The second-order valence-corrected chi connectivity index (χ2v) is 7.74. The summed E-state index contributed by atoms with van der Waals surface area (Å²) < 4.78 is 7.40. The van der Waals surface area contributed by atoms with Crippen LogP contribution in [0.3, 0.4) is 0 Å². The molecule has 0 fully saturated rings. The number of ether oxygens (including phenoxy) is 1. The summed E-state index contributed by atoms with van der Waals surface area (Å²) in [6, 6.07) is 23.0. The van der Waals surface area contributed by atoms with Gasteiger partial charge in [-0.1, -0.05) is 36.4 Å². The molecule has 3 aromatic carbocycles. The third-order valence-corrected chi connectivity index (χ3v) is 5.36. The van der Waals surface area contributed by atoms with Gasteiger partial charge in [-0.15, -0.1) is 0 Å². The first-order chi connectivity index (χ1) is 17.0. The number of carbonyl (C=O) groups is 1. The number of nitro benzene ring substituents is 1. The van der Waals surface area contributed by atoms with Crippen LogP contribution >= 0.6 is 0 Å². The first kappa shape index (κ1) is 23.3. The van der Waals surface area contributed by atoms with E-state index in [2.05, 4.69) is 5.32 Å². The van der Waals surface area contributed by atoms with Gasteiger partial charge in [-0.05, 0) is 36.8 Å². The van der Waals surface area contributed by atoms with Crippen molar-refractivity contribution >= 4 is 34.3 Å². The molecule has 0 aliphatic carbocycles. The molecule has 0 unspecified atom stereocenters. The Bertz CT molecular complexity index is 1480. The number of amides is 1. The maximum atomic E-state index is 12.8. The molecule has 1 amide bonds. The van der Waals surface area contributed by atoms with E-state index in [9.17, 15) is 20.2 Å². The summed E-state index contributed by atoms with van der Waals surface area (Å²) in [7, 11) is 0. The molecule has 0 saturated heterocycles. The van der Waals surface area contributed by atoms with Crippen LogP contribution in [0.25, 0.3) is 17.0 Å². The fourth-order valence-electron chi connectivity index (χ4n) is 3.82. The predicted octanol–water partition coefficient (Wildman–Crippen LogP) is 5.54. The molecule has 1 aromatic heterocycles.